The van der Waals surface area contributed by atoms with Crippen molar-refractivity contribution in [2.24, 2.45) is 12.9 Å². The molecule has 0 aliphatic heterocycles. The molecule has 0 spiro atoms. The zero-order valence-corrected chi connectivity index (χ0v) is 10.9. The van der Waals surface area contributed by atoms with E-state index in [0.717, 1.165) is 23.6 Å². The Hall–Kier alpha value is -1.43. The summed E-state index contributed by atoms with van der Waals surface area (Å²) in [7, 11) is 1.85. The minimum atomic E-state index is 0.128. The van der Waals surface area contributed by atoms with Crippen molar-refractivity contribution in [1.82, 2.24) is 20.4 Å². The number of aromatic nitrogens is 3. The lowest BCUT2D eigenvalue weighted by Gasteiger charge is -2.14. The maximum atomic E-state index is 5.85. The number of nitrogens with one attached hydrogen (secondary N) is 1. The zero-order chi connectivity index (χ0) is 13.0. The van der Waals surface area contributed by atoms with Gasteiger partial charge < -0.3 is 0 Å². The predicted octanol–water partition coefficient (Wildman–Crippen LogP) is 1.09. The number of rotatable bonds is 5. The van der Waals surface area contributed by atoms with Gasteiger partial charge in [0.1, 0.15) is 0 Å². The molecule has 0 bridgehead atoms. The summed E-state index contributed by atoms with van der Waals surface area (Å²) < 4.78 is 1.69. The summed E-state index contributed by atoms with van der Waals surface area (Å²) in [5.41, 5.74) is 4.92. The molecule has 96 valence electrons. The van der Waals surface area contributed by atoms with E-state index in [1.807, 2.05) is 37.5 Å². The molecule has 2 aromatic rings. The SMILES string of the molecule is Cn1cc(CC(Cc2ccc(Cl)cc2)NN)nn1. The molecule has 1 atom stereocenters. The Bertz CT molecular complexity index is 493. The number of hydrogen-bond donors (Lipinski definition) is 2. The van der Waals surface area contributed by atoms with Gasteiger partial charge in [0, 0.05) is 30.7 Å². The van der Waals surface area contributed by atoms with E-state index in [9.17, 15) is 0 Å². The van der Waals surface area contributed by atoms with Crippen LogP contribution in [-0.2, 0) is 19.9 Å². The van der Waals surface area contributed by atoms with Gasteiger partial charge >= 0.3 is 0 Å². The lowest BCUT2D eigenvalue weighted by Crippen LogP contribution is -2.38. The number of nitrogens with two attached hydrogens (primary N) is 1. The standard InChI is InChI=1S/C12H16ClN5/c1-18-8-12(16-17-18)7-11(15-14)6-9-2-4-10(13)5-3-9/h2-5,8,11,15H,6-7,14H2,1H3. The molecule has 0 radical (unpaired) electrons. The highest BCUT2D eigenvalue weighted by molar-refractivity contribution is 6.30. The molecule has 0 fully saturated rings. The van der Waals surface area contributed by atoms with Crippen molar-refractivity contribution in [2.75, 3.05) is 0 Å². The first-order valence-corrected chi connectivity index (χ1v) is 6.11. The summed E-state index contributed by atoms with van der Waals surface area (Å²) in [5, 5.41) is 8.70. The molecule has 0 amide bonds. The maximum absolute atomic E-state index is 5.85. The lowest BCUT2D eigenvalue weighted by molar-refractivity contribution is 0.517. The predicted molar refractivity (Wildman–Crippen MR) is 71.0 cm³/mol. The van der Waals surface area contributed by atoms with E-state index in [1.165, 1.54) is 5.56 Å². The van der Waals surface area contributed by atoms with Gasteiger partial charge in [-0.2, -0.15) is 0 Å². The van der Waals surface area contributed by atoms with E-state index in [4.69, 9.17) is 17.4 Å². The van der Waals surface area contributed by atoms with Crippen molar-refractivity contribution in [1.29, 1.82) is 0 Å². The third-order valence-electron chi connectivity index (χ3n) is 2.74. The fourth-order valence-corrected chi connectivity index (χ4v) is 1.96. The molecular weight excluding hydrogens is 250 g/mol. The average molecular weight is 266 g/mol. The van der Waals surface area contributed by atoms with Gasteiger partial charge in [-0.15, -0.1) is 5.10 Å². The molecule has 2 rings (SSSR count). The van der Waals surface area contributed by atoms with E-state index in [1.54, 1.807) is 4.68 Å². The van der Waals surface area contributed by atoms with Crippen molar-refractivity contribution < 1.29 is 0 Å². The summed E-state index contributed by atoms with van der Waals surface area (Å²) >= 11 is 5.85. The Morgan fingerprint density at radius 3 is 2.61 bits per heavy atom. The Morgan fingerprint density at radius 1 is 1.33 bits per heavy atom. The maximum Gasteiger partial charge on any atom is 0.0843 e. The summed E-state index contributed by atoms with van der Waals surface area (Å²) in [4.78, 5) is 0. The number of nitrogens with zero attached hydrogens (tertiary/aromatic N) is 3. The van der Waals surface area contributed by atoms with Crippen LogP contribution in [0.3, 0.4) is 0 Å². The smallest absolute Gasteiger partial charge is 0.0843 e. The quantitative estimate of drug-likeness (QED) is 0.627. The Balaban J connectivity index is 1.99. The second-order valence-corrected chi connectivity index (χ2v) is 4.72. The molecule has 1 heterocycles. The largest absolute Gasteiger partial charge is 0.271 e. The highest BCUT2D eigenvalue weighted by Gasteiger charge is 2.11. The summed E-state index contributed by atoms with van der Waals surface area (Å²) in [6, 6.07) is 7.90. The summed E-state index contributed by atoms with van der Waals surface area (Å²) in [6.07, 6.45) is 3.46. The molecule has 1 aromatic heterocycles. The molecule has 3 N–H and O–H groups in total. The van der Waals surface area contributed by atoms with Crippen molar-refractivity contribution >= 4 is 11.6 Å². The summed E-state index contributed by atoms with van der Waals surface area (Å²) in [5.74, 6) is 5.57. The second-order valence-electron chi connectivity index (χ2n) is 4.28. The number of hydrazine groups is 1. The number of hydrogen-bond acceptors (Lipinski definition) is 4. The first-order chi connectivity index (χ1) is 8.67. The highest BCUT2D eigenvalue weighted by atomic mass is 35.5. The molecule has 6 heteroatoms. The van der Waals surface area contributed by atoms with Crippen LogP contribution in [0, 0.1) is 0 Å². The van der Waals surface area contributed by atoms with Crippen LogP contribution in [0.4, 0.5) is 0 Å². The van der Waals surface area contributed by atoms with Crippen LogP contribution in [0.5, 0.6) is 0 Å². The van der Waals surface area contributed by atoms with Crippen molar-refractivity contribution in [2.45, 2.75) is 18.9 Å². The topological polar surface area (TPSA) is 68.8 Å². The fraction of sp³-hybridized carbons (Fsp3) is 0.333. The van der Waals surface area contributed by atoms with Crippen LogP contribution in [0.1, 0.15) is 11.3 Å². The molecule has 0 aliphatic rings. The Labute approximate surface area is 111 Å². The van der Waals surface area contributed by atoms with Gasteiger partial charge in [0.05, 0.1) is 5.69 Å². The Morgan fingerprint density at radius 2 is 2.06 bits per heavy atom. The van der Waals surface area contributed by atoms with Crippen LogP contribution in [0.25, 0.3) is 0 Å². The van der Waals surface area contributed by atoms with Crippen LogP contribution in [0.2, 0.25) is 5.02 Å². The van der Waals surface area contributed by atoms with E-state index in [0.29, 0.717) is 0 Å². The Kier molecular flexibility index (Phi) is 4.30. The minimum Gasteiger partial charge on any atom is -0.271 e. The van der Waals surface area contributed by atoms with Gasteiger partial charge in [-0.1, -0.05) is 28.9 Å². The number of halogens is 1. The van der Waals surface area contributed by atoms with Crippen LogP contribution < -0.4 is 11.3 Å². The fourth-order valence-electron chi connectivity index (χ4n) is 1.84. The van der Waals surface area contributed by atoms with Gasteiger partial charge in [-0.05, 0) is 24.1 Å². The van der Waals surface area contributed by atoms with Crippen LogP contribution in [0.15, 0.2) is 30.5 Å². The number of benzene rings is 1. The number of aryl methyl sites for hydroxylation is 1. The van der Waals surface area contributed by atoms with Gasteiger partial charge in [-0.3, -0.25) is 16.0 Å². The first kappa shape index (κ1) is 13.0. The normalized spacial score (nSPS) is 12.6. The van der Waals surface area contributed by atoms with E-state index < -0.39 is 0 Å². The van der Waals surface area contributed by atoms with Gasteiger partial charge in [-0.25, -0.2) is 0 Å². The van der Waals surface area contributed by atoms with Gasteiger partial charge in [0.25, 0.3) is 0 Å². The van der Waals surface area contributed by atoms with Crippen molar-refractivity contribution in [3.63, 3.8) is 0 Å². The molecule has 5 nitrogen and oxygen atoms in total. The zero-order valence-electron chi connectivity index (χ0n) is 10.2. The first-order valence-electron chi connectivity index (χ1n) is 5.73. The molecule has 1 aromatic carbocycles. The molecule has 0 saturated heterocycles. The average Bonchev–Trinajstić information content (AvgIpc) is 2.77. The molecule has 18 heavy (non-hydrogen) atoms. The van der Waals surface area contributed by atoms with E-state index >= 15 is 0 Å². The molecule has 1 unspecified atom stereocenters. The van der Waals surface area contributed by atoms with Gasteiger partial charge in [0.2, 0.25) is 0 Å². The van der Waals surface area contributed by atoms with E-state index in [2.05, 4.69) is 15.7 Å². The second kappa shape index (κ2) is 5.95. The van der Waals surface area contributed by atoms with Gasteiger partial charge in [0.15, 0.2) is 0 Å². The van der Waals surface area contributed by atoms with E-state index in [-0.39, 0.29) is 6.04 Å². The molecule has 0 aliphatic carbocycles. The van der Waals surface area contributed by atoms with Crippen LogP contribution in [-0.4, -0.2) is 21.0 Å². The highest BCUT2D eigenvalue weighted by Crippen LogP contribution is 2.12. The molecule has 0 saturated carbocycles. The van der Waals surface area contributed by atoms with Crippen LogP contribution >= 0.6 is 11.6 Å². The lowest BCUT2D eigenvalue weighted by atomic mass is 10.0. The van der Waals surface area contributed by atoms with Crippen molar-refractivity contribution in [3.05, 3.63) is 46.7 Å². The summed E-state index contributed by atoms with van der Waals surface area (Å²) in [6.45, 7) is 0. The third-order valence-corrected chi connectivity index (χ3v) is 2.99. The minimum absolute atomic E-state index is 0.128. The monoisotopic (exact) mass is 265 g/mol. The van der Waals surface area contributed by atoms with Crippen molar-refractivity contribution in [3.8, 4) is 0 Å². The third kappa shape index (κ3) is 3.53. The molecular formula is C12H16ClN5.